The second-order valence-electron chi connectivity index (χ2n) is 7.48. The fourth-order valence-corrected chi connectivity index (χ4v) is 4.35. The summed E-state index contributed by atoms with van der Waals surface area (Å²) in [6.45, 7) is 2.00. The van der Waals surface area contributed by atoms with Crippen LogP contribution < -0.4 is 4.74 Å². The zero-order chi connectivity index (χ0) is 25.8. The molecular formula is C25H21N3O7S. The van der Waals surface area contributed by atoms with Crippen molar-refractivity contribution in [1.82, 2.24) is 4.90 Å². The number of likely N-dealkylation sites (N-methyl/N-ethyl adjacent to an activating group) is 1. The maximum Gasteiger partial charge on any atom is 0.338 e. The predicted octanol–water partition coefficient (Wildman–Crippen LogP) is 5.27. The average Bonchev–Trinajstić information content (AvgIpc) is 3.44. The van der Waals surface area contributed by atoms with Gasteiger partial charge in [0.25, 0.3) is 11.6 Å². The fraction of sp³-hybridized carbons (Fsp3) is 0.160. The van der Waals surface area contributed by atoms with Gasteiger partial charge in [0.15, 0.2) is 5.17 Å². The van der Waals surface area contributed by atoms with Crippen molar-refractivity contribution < 1.29 is 28.4 Å². The molecular weight excluding hydrogens is 486 g/mol. The molecule has 0 saturated carbocycles. The molecule has 11 heteroatoms. The van der Waals surface area contributed by atoms with Crippen LogP contribution in [0.1, 0.15) is 23.0 Å². The minimum Gasteiger partial charge on any atom is -0.496 e. The molecule has 1 aliphatic heterocycles. The minimum absolute atomic E-state index is 0.0989. The van der Waals surface area contributed by atoms with E-state index in [1.54, 1.807) is 56.4 Å². The van der Waals surface area contributed by atoms with E-state index in [4.69, 9.17) is 13.9 Å². The summed E-state index contributed by atoms with van der Waals surface area (Å²) in [7, 11) is 3.06. The third-order valence-corrected chi connectivity index (χ3v) is 6.21. The molecule has 10 nitrogen and oxygen atoms in total. The van der Waals surface area contributed by atoms with Crippen molar-refractivity contribution in [2.75, 3.05) is 20.8 Å². The van der Waals surface area contributed by atoms with Crippen LogP contribution in [-0.4, -0.2) is 47.6 Å². The molecule has 1 aromatic heterocycles. The molecule has 3 aromatic rings. The maximum absolute atomic E-state index is 12.8. The van der Waals surface area contributed by atoms with E-state index in [0.717, 1.165) is 11.8 Å². The van der Waals surface area contributed by atoms with Crippen LogP contribution in [0, 0.1) is 10.1 Å². The summed E-state index contributed by atoms with van der Waals surface area (Å²) in [4.78, 5) is 41.8. The quantitative estimate of drug-likeness (QED) is 0.183. The van der Waals surface area contributed by atoms with Gasteiger partial charge in [-0.1, -0.05) is 6.07 Å². The molecule has 1 saturated heterocycles. The lowest BCUT2D eigenvalue weighted by Gasteiger charge is -2.07. The van der Waals surface area contributed by atoms with Crippen molar-refractivity contribution in [2.24, 2.45) is 4.99 Å². The highest BCUT2D eigenvalue weighted by Crippen LogP contribution is 2.37. The lowest BCUT2D eigenvalue weighted by atomic mass is 10.1. The molecule has 1 aliphatic rings. The topological polar surface area (TPSA) is 124 Å². The first kappa shape index (κ1) is 24.7. The number of non-ortho nitro benzene ring substituents is 1. The van der Waals surface area contributed by atoms with Gasteiger partial charge in [0.1, 0.15) is 17.3 Å². The lowest BCUT2D eigenvalue weighted by Crippen LogP contribution is -2.23. The van der Waals surface area contributed by atoms with Gasteiger partial charge >= 0.3 is 5.97 Å². The van der Waals surface area contributed by atoms with Gasteiger partial charge in [-0.25, -0.2) is 9.79 Å². The van der Waals surface area contributed by atoms with Crippen molar-refractivity contribution in [1.29, 1.82) is 0 Å². The second-order valence-corrected chi connectivity index (χ2v) is 8.49. The van der Waals surface area contributed by atoms with Crippen molar-refractivity contribution in [2.45, 2.75) is 6.92 Å². The number of aliphatic imine (C=N–C) groups is 1. The summed E-state index contributed by atoms with van der Waals surface area (Å²) in [5.41, 5.74) is 1.19. The normalized spacial score (nSPS) is 15.5. The number of nitro groups is 1. The number of rotatable bonds is 7. The van der Waals surface area contributed by atoms with Crippen molar-refractivity contribution in [3.63, 3.8) is 0 Å². The Morgan fingerprint density at radius 1 is 1.22 bits per heavy atom. The van der Waals surface area contributed by atoms with Gasteiger partial charge in [0.2, 0.25) is 0 Å². The van der Waals surface area contributed by atoms with Crippen molar-refractivity contribution >= 4 is 46.3 Å². The van der Waals surface area contributed by atoms with Crippen LogP contribution in [0.25, 0.3) is 17.4 Å². The number of thioether (sulfide) groups is 1. The van der Waals surface area contributed by atoms with E-state index >= 15 is 0 Å². The standard InChI is InChI=1S/C25H21N3O7S/c1-4-34-24(30)15-6-5-7-16(12-15)26-25-27(2)23(29)22(36-25)14-18-9-11-21(35-18)19-13-17(28(31)32)8-10-20(19)33-3/h5-14H,4H2,1-3H3. The monoisotopic (exact) mass is 507 g/mol. The van der Waals surface area contributed by atoms with E-state index in [1.165, 1.54) is 30.2 Å². The van der Waals surface area contributed by atoms with Gasteiger partial charge in [-0.2, -0.15) is 0 Å². The Morgan fingerprint density at radius 2 is 2.03 bits per heavy atom. The van der Waals surface area contributed by atoms with Crippen LogP contribution in [-0.2, 0) is 9.53 Å². The number of amidine groups is 1. The number of benzene rings is 2. The minimum atomic E-state index is -0.498. The second kappa shape index (κ2) is 10.5. The zero-order valence-electron chi connectivity index (χ0n) is 19.6. The highest BCUT2D eigenvalue weighted by molar-refractivity contribution is 8.18. The van der Waals surface area contributed by atoms with E-state index < -0.39 is 10.9 Å². The summed E-state index contributed by atoms with van der Waals surface area (Å²) in [5.74, 6) is 0.438. The number of carbonyl (C=O) groups is 2. The van der Waals surface area contributed by atoms with Crippen molar-refractivity contribution in [3.8, 4) is 17.1 Å². The van der Waals surface area contributed by atoms with Crippen LogP contribution in [0.3, 0.4) is 0 Å². The highest BCUT2D eigenvalue weighted by Gasteiger charge is 2.31. The summed E-state index contributed by atoms with van der Waals surface area (Å²) in [5, 5.41) is 11.6. The Balaban J connectivity index is 1.60. The fourth-order valence-electron chi connectivity index (χ4n) is 3.39. The van der Waals surface area contributed by atoms with E-state index in [-0.39, 0.29) is 18.2 Å². The number of ether oxygens (including phenoxy) is 2. The molecule has 0 aliphatic carbocycles. The molecule has 0 spiro atoms. The molecule has 1 amide bonds. The maximum atomic E-state index is 12.8. The van der Waals surface area contributed by atoms with Gasteiger partial charge in [0, 0.05) is 25.3 Å². The molecule has 0 unspecified atom stereocenters. The molecule has 0 bridgehead atoms. The number of hydrogen-bond donors (Lipinski definition) is 0. The SMILES string of the molecule is CCOC(=O)c1cccc(N=C2SC(=Cc3ccc(-c4cc([N+](=O)[O-])ccc4OC)o3)C(=O)N2C)c1. The largest absolute Gasteiger partial charge is 0.496 e. The third-order valence-electron chi connectivity index (χ3n) is 5.15. The molecule has 184 valence electrons. The number of esters is 1. The van der Waals surface area contributed by atoms with E-state index in [9.17, 15) is 19.7 Å². The Morgan fingerprint density at radius 3 is 2.75 bits per heavy atom. The number of hydrogen-bond acceptors (Lipinski definition) is 9. The van der Waals surface area contributed by atoms with Gasteiger partial charge in [-0.15, -0.1) is 0 Å². The van der Waals surface area contributed by atoms with Gasteiger partial charge in [-0.05, 0) is 55.1 Å². The molecule has 1 fully saturated rings. The number of nitrogens with zero attached hydrogens (tertiary/aromatic N) is 3. The van der Waals surface area contributed by atoms with Gasteiger partial charge in [0.05, 0.1) is 40.4 Å². The first-order valence-corrected chi connectivity index (χ1v) is 11.6. The molecule has 0 atom stereocenters. The summed E-state index contributed by atoms with van der Waals surface area (Å²) < 4.78 is 16.2. The lowest BCUT2D eigenvalue weighted by molar-refractivity contribution is -0.384. The summed E-state index contributed by atoms with van der Waals surface area (Å²) in [6, 6.07) is 14.2. The van der Waals surface area contributed by atoms with E-state index in [1.807, 2.05) is 0 Å². The van der Waals surface area contributed by atoms with Gasteiger partial charge < -0.3 is 13.9 Å². The Bertz CT molecular complexity index is 1410. The summed E-state index contributed by atoms with van der Waals surface area (Å²) in [6.07, 6.45) is 1.58. The molecule has 2 aromatic carbocycles. The van der Waals surface area contributed by atoms with Gasteiger partial charge in [-0.3, -0.25) is 19.8 Å². The third kappa shape index (κ3) is 5.15. The number of furan rings is 1. The molecule has 2 heterocycles. The van der Waals surface area contributed by atoms with Crippen LogP contribution in [0.5, 0.6) is 5.75 Å². The van der Waals surface area contributed by atoms with E-state index in [2.05, 4.69) is 4.99 Å². The molecule has 0 N–H and O–H groups in total. The van der Waals surface area contributed by atoms with Crippen LogP contribution in [0.2, 0.25) is 0 Å². The van der Waals surface area contributed by atoms with Crippen LogP contribution in [0.4, 0.5) is 11.4 Å². The Hall–Kier alpha value is -4.38. The number of nitro benzene ring substituents is 1. The predicted molar refractivity (Wildman–Crippen MR) is 135 cm³/mol. The van der Waals surface area contributed by atoms with E-state index in [0.29, 0.717) is 44.2 Å². The number of carbonyl (C=O) groups excluding carboxylic acids is 2. The molecule has 4 rings (SSSR count). The van der Waals surface area contributed by atoms with Crippen LogP contribution in [0.15, 0.2) is 68.9 Å². The Kier molecular flexibility index (Phi) is 7.20. The number of amides is 1. The van der Waals surface area contributed by atoms with Crippen LogP contribution >= 0.6 is 11.8 Å². The average molecular weight is 508 g/mol. The number of methoxy groups -OCH3 is 1. The first-order valence-electron chi connectivity index (χ1n) is 10.8. The molecule has 36 heavy (non-hydrogen) atoms. The van der Waals surface area contributed by atoms with Crippen molar-refractivity contribution in [3.05, 3.63) is 80.9 Å². The summed E-state index contributed by atoms with van der Waals surface area (Å²) >= 11 is 1.16. The highest BCUT2D eigenvalue weighted by atomic mass is 32.2. The Labute approximate surface area is 210 Å². The molecule has 0 radical (unpaired) electrons. The zero-order valence-corrected chi connectivity index (χ0v) is 20.4. The smallest absolute Gasteiger partial charge is 0.338 e. The first-order chi connectivity index (χ1) is 17.3.